The SMILES string of the molecule is CC1CCC2(OC1)OC1CC3C4CCC5C[C@@H](O[C@@H]6O[C@H](CO)[C@H](O[C@@H]7O[C@H](CO)[C@@H](O)[C@H](O[C@@H]8OC[C@@H](O)[C@H](O)[C@H]8O)[C@H]7O[C@@H]7O[C@H](CO)[C@H](O)[C@H](O)[C@H]7O)[C@H](O)[C@H]6O)CC[C@]5(C)C4CC[C@]3(C)C1C2C. The zero-order valence-corrected chi connectivity index (χ0v) is 41.7. The average molecular weight is 1040 g/mol. The van der Waals surface area contributed by atoms with Crippen molar-refractivity contribution in [2.45, 2.75) is 227 Å². The van der Waals surface area contributed by atoms with Crippen molar-refractivity contribution in [3.63, 3.8) is 0 Å². The average Bonchev–Trinajstić information content (AvgIpc) is 3.82. The maximum Gasteiger partial charge on any atom is 0.187 e. The molecule has 0 amide bonds. The smallest absolute Gasteiger partial charge is 0.187 e. The van der Waals surface area contributed by atoms with Crippen LogP contribution in [0.5, 0.6) is 0 Å². The van der Waals surface area contributed by atoms with Crippen LogP contribution in [0.4, 0.5) is 0 Å². The van der Waals surface area contributed by atoms with Crippen molar-refractivity contribution in [2.75, 3.05) is 33.0 Å². The first-order valence-electron chi connectivity index (χ1n) is 26.7. The lowest BCUT2D eigenvalue weighted by Gasteiger charge is -2.61. The molecule has 0 bridgehead atoms. The fraction of sp³-hybridized carbons (Fsp3) is 1.00. The van der Waals surface area contributed by atoms with Gasteiger partial charge < -0.3 is 109 Å². The van der Waals surface area contributed by atoms with Crippen molar-refractivity contribution < 1.29 is 109 Å². The van der Waals surface area contributed by atoms with E-state index in [1.165, 1.54) is 12.8 Å². The molecule has 12 N–H and O–H groups in total. The molecule has 1 spiro atoms. The van der Waals surface area contributed by atoms with Crippen LogP contribution in [0, 0.1) is 52.3 Å². The highest BCUT2D eigenvalue weighted by atomic mass is 16.8. The number of rotatable bonds is 11. The molecule has 6 aliphatic heterocycles. The maximum absolute atomic E-state index is 11.8. The summed E-state index contributed by atoms with van der Waals surface area (Å²) in [6.07, 6.45) is -22.9. The van der Waals surface area contributed by atoms with Gasteiger partial charge in [0.25, 0.3) is 0 Å². The molecule has 4 aliphatic carbocycles. The molecule has 31 atom stereocenters. The molecule has 6 heterocycles. The van der Waals surface area contributed by atoms with Crippen LogP contribution in [0.15, 0.2) is 0 Å². The summed E-state index contributed by atoms with van der Waals surface area (Å²) in [6, 6.07) is 0. The molecule has 414 valence electrons. The Morgan fingerprint density at radius 2 is 1.14 bits per heavy atom. The van der Waals surface area contributed by atoms with Gasteiger partial charge in [0.05, 0.1) is 45.2 Å². The number of hydrogen-bond donors (Lipinski definition) is 12. The van der Waals surface area contributed by atoms with E-state index in [0.29, 0.717) is 47.8 Å². The van der Waals surface area contributed by atoms with E-state index in [1.807, 2.05) is 0 Å². The second-order valence-corrected chi connectivity index (χ2v) is 23.9. The Morgan fingerprint density at radius 3 is 1.85 bits per heavy atom. The van der Waals surface area contributed by atoms with Gasteiger partial charge >= 0.3 is 0 Å². The van der Waals surface area contributed by atoms with Gasteiger partial charge in [-0.15, -0.1) is 0 Å². The zero-order chi connectivity index (χ0) is 51.3. The van der Waals surface area contributed by atoms with Crippen LogP contribution in [-0.4, -0.2) is 229 Å². The van der Waals surface area contributed by atoms with E-state index in [1.54, 1.807) is 0 Å². The van der Waals surface area contributed by atoms with E-state index < -0.39 is 149 Å². The first-order valence-corrected chi connectivity index (χ1v) is 26.7. The fourth-order valence-corrected chi connectivity index (χ4v) is 15.9. The first kappa shape index (κ1) is 54.5. The lowest BCUT2D eigenvalue weighted by Crippen LogP contribution is -2.68. The monoisotopic (exact) mass is 1030 g/mol. The van der Waals surface area contributed by atoms with Gasteiger partial charge in [0.1, 0.15) is 91.6 Å². The van der Waals surface area contributed by atoms with Crippen molar-refractivity contribution in [3.8, 4) is 0 Å². The van der Waals surface area contributed by atoms with Gasteiger partial charge in [-0.3, -0.25) is 0 Å². The third-order valence-corrected chi connectivity index (χ3v) is 20.0. The molecule has 0 aromatic rings. The van der Waals surface area contributed by atoms with E-state index in [4.69, 9.17) is 47.4 Å². The van der Waals surface area contributed by atoms with E-state index in [2.05, 4.69) is 27.7 Å². The minimum atomic E-state index is -2.00. The van der Waals surface area contributed by atoms with Crippen LogP contribution < -0.4 is 0 Å². The van der Waals surface area contributed by atoms with E-state index in [0.717, 1.165) is 51.6 Å². The Balaban J connectivity index is 0.812. The molecule has 0 aromatic carbocycles. The van der Waals surface area contributed by atoms with Crippen molar-refractivity contribution in [1.82, 2.24) is 0 Å². The van der Waals surface area contributed by atoms with Gasteiger partial charge in [0.2, 0.25) is 0 Å². The molecule has 4 saturated carbocycles. The van der Waals surface area contributed by atoms with Crippen LogP contribution >= 0.6 is 0 Å². The third kappa shape index (κ3) is 9.26. The lowest BCUT2D eigenvalue weighted by atomic mass is 9.44. The largest absolute Gasteiger partial charge is 0.394 e. The molecule has 6 saturated heterocycles. The van der Waals surface area contributed by atoms with E-state index in [9.17, 15) is 61.3 Å². The molecule has 0 radical (unpaired) electrons. The Kier molecular flexibility index (Phi) is 15.9. The van der Waals surface area contributed by atoms with Crippen LogP contribution in [0.1, 0.15) is 91.9 Å². The normalized spacial score (nSPS) is 57.8. The van der Waals surface area contributed by atoms with Crippen LogP contribution in [0.3, 0.4) is 0 Å². The minimum absolute atomic E-state index is 0.0916. The highest BCUT2D eigenvalue weighted by Crippen LogP contribution is 2.71. The fourth-order valence-electron chi connectivity index (χ4n) is 15.9. The minimum Gasteiger partial charge on any atom is -0.394 e. The van der Waals surface area contributed by atoms with Gasteiger partial charge in [0, 0.05) is 12.3 Å². The molecule has 22 heteroatoms. The van der Waals surface area contributed by atoms with Gasteiger partial charge in [-0.25, -0.2) is 0 Å². The van der Waals surface area contributed by atoms with Crippen LogP contribution in [-0.2, 0) is 47.4 Å². The van der Waals surface area contributed by atoms with Crippen LogP contribution in [0.2, 0.25) is 0 Å². The summed E-state index contributed by atoms with van der Waals surface area (Å²) in [6.45, 7) is 7.42. The summed E-state index contributed by atoms with van der Waals surface area (Å²) in [5.41, 5.74) is 0.293. The highest BCUT2D eigenvalue weighted by Gasteiger charge is 2.69. The Morgan fingerprint density at radius 1 is 0.514 bits per heavy atom. The third-order valence-electron chi connectivity index (χ3n) is 20.0. The number of ether oxygens (including phenoxy) is 10. The Bertz CT molecular complexity index is 1830. The molecular formula is C50H82O22. The van der Waals surface area contributed by atoms with Gasteiger partial charge in [-0.05, 0) is 104 Å². The molecule has 10 fully saturated rings. The summed E-state index contributed by atoms with van der Waals surface area (Å²) in [5, 5.41) is 129. The quantitative estimate of drug-likeness (QED) is 0.0971. The van der Waals surface area contributed by atoms with E-state index in [-0.39, 0.29) is 23.0 Å². The summed E-state index contributed by atoms with van der Waals surface area (Å²) < 4.78 is 61.4. The Labute approximate surface area is 419 Å². The number of fused-ring (bicyclic) bond motifs is 7. The van der Waals surface area contributed by atoms with Crippen molar-refractivity contribution in [1.29, 1.82) is 0 Å². The summed E-state index contributed by atoms with van der Waals surface area (Å²) in [7, 11) is 0. The second kappa shape index (κ2) is 21.1. The molecule has 72 heavy (non-hydrogen) atoms. The van der Waals surface area contributed by atoms with Crippen LogP contribution in [0.25, 0.3) is 0 Å². The predicted octanol–water partition coefficient (Wildman–Crippen LogP) is -2.27. The zero-order valence-electron chi connectivity index (χ0n) is 41.7. The number of hydrogen-bond acceptors (Lipinski definition) is 22. The van der Waals surface area contributed by atoms with Gasteiger partial charge in [-0.2, -0.15) is 0 Å². The molecule has 0 aromatic heterocycles. The predicted molar refractivity (Wildman–Crippen MR) is 242 cm³/mol. The summed E-state index contributed by atoms with van der Waals surface area (Å²) in [4.78, 5) is 0. The molecule has 9 unspecified atom stereocenters. The molecule has 10 rings (SSSR count). The second-order valence-electron chi connectivity index (χ2n) is 23.9. The van der Waals surface area contributed by atoms with Gasteiger partial charge in [-0.1, -0.05) is 27.7 Å². The topological polar surface area (TPSA) is 335 Å². The first-order chi connectivity index (χ1) is 34.3. The highest BCUT2D eigenvalue weighted by molar-refractivity contribution is 5.15. The molecule has 10 aliphatic rings. The van der Waals surface area contributed by atoms with Crippen molar-refractivity contribution in [3.05, 3.63) is 0 Å². The van der Waals surface area contributed by atoms with E-state index >= 15 is 0 Å². The lowest BCUT2D eigenvalue weighted by molar-refractivity contribution is -0.404. The Hall–Kier alpha value is -0.880. The summed E-state index contributed by atoms with van der Waals surface area (Å²) in [5.74, 6) is 3.06. The standard InChI is InChI=1S/C50H82O22/c1-20-7-12-50(64-18-20)21(2)32-28(72-50)14-26-24-6-5-22-13-23(8-10-48(22,3)25(24)9-11-49(26,32)4)65-45-40(62)37(59)41(31(17-53)68-45)69-47-43(71-46-39(61)36(58)34(56)29(15-51)66-46)42(35(57)30(16-52)67-47)70-44-38(60)33(55)27(54)19-63-44/h20-47,51-62H,5-19H2,1-4H3/t20?,21?,22?,23-,24?,25?,26?,27+,28?,29+,30+,31+,32?,33-,34-,35+,36-,37+,38+,39+,40+,41-,42-,43+,44-,45+,46-,47-,48-,49-,50?/m0/s1. The maximum atomic E-state index is 11.8. The molecule has 22 nitrogen and oxygen atoms in total. The van der Waals surface area contributed by atoms with Crippen molar-refractivity contribution >= 4 is 0 Å². The van der Waals surface area contributed by atoms with Crippen molar-refractivity contribution in [2.24, 2.45) is 52.3 Å². The summed E-state index contributed by atoms with van der Waals surface area (Å²) >= 11 is 0. The molecular weight excluding hydrogens is 953 g/mol. The van der Waals surface area contributed by atoms with Gasteiger partial charge in [0.15, 0.2) is 30.9 Å². The number of aliphatic hydroxyl groups is 12. The number of aliphatic hydroxyl groups excluding tert-OH is 12.